The third kappa shape index (κ3) is 2.39. The fourth-order valence-corrected chi connectivity index (χ4v) is 5.34. The van der Waals surface area contributed by atoms with Crippen LogP contribution in [0.25, 0.3) is 0 Å². The van der Waals surface area contributed by atoms with Crippen molar-refractivity contribution in [1.29, 1.82) is 0 Å². The molecule has 25 heavy (non-hydrogen) atoms. The molecule has 1 N–H and O–H groups in total. The largest absolute Gasteiger partial charge is 0.493 e. The maximum Gasteiger partial charge on any atom is 0.260 e. The summed E-state index contributed by atoms with van der Waals surface area (Å²) in [7, 11) is 3.08. The summed E-state index contributed by atoms with van der Waals surface area (Å²) in [5, 5.41) is 2.89. The first kappa shape index (κ1) is 16.6. The van der Waals surface area contributed by atoms with Crippen LogP contribution >= 0.6 is 11.8 Å². The SMILES string of the molecule is COc1ccc2c(c1OC)C(=O)N1[C@@H](C(=O)NC3CC3)C(C)(C)S[C@@H]21. The molecule has 2 heterocycles. The van der Waals surface area contributed by atoms with Crippen LogP contribution in [0.4, 0.5) is 0 Å². The molecule has 1 saturated carbocycles. The van der Waals surface area contributed by atoms with Crippen LogP contribution in [0.2, 0.25) is 0 Å². The van der Waals surface area contributed by atoms with Crippen molar-refractivity contribution in [2.45, 2.75) is 48.9 Å². The number of benzene rings is 1. The van der Waals surface area contributed by atoms with Gasteiger partial charge in [0, 0.05) is 16.4 Å². The third-order valence-corrected chi connectivity index (χ3v) is 6.60. The second-order valence-corrected chi connectivity index (χ2v) is 8.97. The zero-order valence-corrected chi connectivity index (χ0v) is 15.6. The molecule has 4 rings (SSSR count). The van der Waals surface area contributed by atoms with Crippen LogP contribution in [-0.2, 0) is 4.79 Å². The quantitative estimate of drug-likeness (QED) is 0.890. The van der Waals surface area contributed by atoms with Crippen molar-refractivity contribution < 1.29 is 19.1 Å². The number of nitrogens with zero attached hydrogens (tertiary/aromatic N) is 1. The zero-order chi connectivity index (χ0) is 17.9. The molecule has 7 heteroatoms. The van der Waals surface area contributed by atoms with Crippen LogP contribution in [0.1, 0.15) is 48.0 Å². The number of methoxy groups -OCH3 is 2. The summed E-state index contributed by atoms with van der Waals surface area (Å²) in [5.41, 5.74) is 1.40. The van der Waals surface area contributed by atoms with Gasteiger partial charge in [-0.1, -0.05) is 6.07 Å². The lowest BCUT2D eigenvalue weighted by atomic mass is 10.0. The van der Waals surface area contributed by atoms with Crippen molar-refractivity contribution in [2.24, 2.45) is 0 Å². The van der Waals surface area contributed by atoms with Gasteiger partial charge in [0.15, 0.2) is 11.5 Å². The van der Waals surface area contributed by atoms with Crippen LogP contribution < -0.4 is 14.8 Å². The van der Waals surface area contributed by atoms with Gasteiger partial charge < -0.3 is 19.7 Å². The fourth-order valence-electron chi connectivity index (χ4n) is 3.76. The molecule has 1 aliphatic carbocycles. The van der Waals surface area contributed by atoms with Crippen LogP contribution in [0.15, 0.2) is 12.1 Å². The topological polar surface area (TPSA) is 67.9 Å². The van der Waals surface area contributed by atoms with Crippen LogP contribution in [-0.4, -0.2) is 47.8 Å². The summed E-state index contributed by atoms with van der Waals surface area (Å²) in [6, 6.07) is 3.49. The standard InChI is InChI=1S/C18H22N2O4S/c1-18(2)14(15(21)19-9-5-6-9)20-16(22)12-10(17(20)25-18)7-8-11(23-3)13(12)24-4/h7-9,14,17H,5-6H2,1-4H3,(H,19,21)/t14-,17-/m0/s1. The van der Waals surface area contributed by atoms with Crippen molar-refractivity contribution in [1.82, 2.24) is 10.2 Å². The number of carbonyl (C=O) groups is 2. The van der Waals surface area contributed by atoms with E-state index in [0.29, 0.717) is 17.1 Å². The summed E-state index contributed by atoms with van der Waals surface area (Å²) < 4.78 is 10.4. The summed E-state index contributed by atoms with van der Waals surface area (Å²) in [6.45, 7) is 4.06. The first-order valence-electron chi connectivity index (χ1n) is 8.44. The molecule has 1 saturated heterocycles. The van der Waals surface area contributed by atoms with Gasteiger partial charge in [0.25, 0.3) is 5.91 Å². The maximum atomic E-state index is 13.2. The minimum atomic E-state index is -0.501. The Morgan fingerprint density at radius 3 is 2.60 bits per heavy atom. The van der Waals surface area contributed by atoms with Gasteiger partial charge in [0.1, 0.15) is 11.4 Å². The summed E-state index contributed by atoms with van der Waals surface area (Å²) in [5.74, 6) is 0.748. The van der Waals surface area contributed by atoms with Gasteiger partial charge in [-0.2, -0.15) is 0 Å². The number of ether oxygens (including phenoxy) is 2. The summed E-state index contributed by atoms with van der Waals surface area (Å²) in [4.78, 5) is 27.8. The molecule has 134 valence electrons. The smallest absolute Gasteiger partial charge is 0.260 e. The second-order valence-electron chi connectivity index (χ2n) is 7.24. The molecule has 2 aliphatic heterocycles. The van der Waals surface area contributed by atoms with Gasteiger partial charge in [0.2, 0.25) is 5.91 Å². The van der Waals surface area contributed by atoms with Crippen molar-refractivity contribution in [3.8, 4) is 11.5 Å². The molecule has 2 atom stereocenters. The molecule has 0 aromatic heterocycles. The molecular formula is C18H22N2O4S. The minimum absolute atomic E-state index is 0.0606. The van der Waals surface area contributed by atoms with Crippen molar-refractivity contribution in [3.05, 3.63) is 23.3 Å². The maximum absolute atomic E-state index is 13.2. The molecule has 0 unspecified atom stereocenters. The molecule has 0 radical (unpaired) electrons. The fraction of sp³-hybridized carbons (Fsp3) is 0.556. The Labute approximate surface area is 151 Å². The Morgan fingerprint density at radius 1 is 1.28 bits per heavy atom. The highest BCUT2D eigenvalue weighted by Gasteiger charge is 2.58. The molecule has 0 spiro atoms. The molecule has 2 amide bonds. The average molecular weight is 362 g/mol. The number of fused-ring (bicyclic) bond motifs is 3. The van der Waals surface area contributed by atoms with Crippen molar-refractivity contribution in [2.75, 3.05) is 14.2 Å². The lowest BCUT2D eigenvalue weighted by molar-refractivity contribution is -0.126. The lowest BCUT2D eigenvalue weighted by Gasteiger charge is -2.29. The van der Waals surface area contributed by atoms with E-state index in [4.69, 9.17) is 9.47 Å². The van der Waals surface area contributed by atoms with Crippen LogP contribution in [0.5, 0.6) is 11.5 Å². The van der Waals surface area contributed by atoms with Crippen LogP contribution in [0.3, 0.4) is 0 Å². The van der Waals surface area contributed by atoms with Gasteiger partial charge >= 0.3 is 0 Å². The van der Waals surface area contributed by atoms with Gasteiger partial charge in [-0.15, -0.1) is 11.8 Å². The predicted octanol–water partition coefficient (Wildman–Crippen LogP) is 2.33. The normalized spacial score (nSPS) is 26.2. The highest BCUT2D eigenvalue weighted by molar-refractivity contribution is 8.01. The van der Waals surface area contributed by atoms with E-state index in [0.717, 1.165) is 18.4 Å². The van der Waals surface area contributed by atoms with E-state index in [2.05, 4.69) is 5.32 Å². The van der Waals surface area contributed by atoms with Gasteiger partial charge in [-0.3, -0.25) is 9.59 Å². The Morgan fingerprint density at radius 2 is 2.00 bits per heavy atom. The van der Waals surface area contributed by atoms with E-state index in [-0.39, 0.29) is 28.0 Å². The highest BCUT2D eigenvalue weighted by atomic mass is 32.2. The molecule has 0 bridgehead atoms. The highest BCUT2D eigenvalue weighted by Crippen LogP contribution is 2.58. The number of rotatable bonds is 4. The van der Waals surface area contributed by atoms with Gasteiger partial charge in [-0.05, 0) is 32.8 Å². The summed E-state index contributed by atoms with van der Waals surface area (Å²) in [6.07, 6.45) is 2.04. The van der Waals surface area contributed by atoms with Crippen LogP contribution in [0, 0.1) is 0 Å². The molecule has 2 fully saturated rings. The first-order chi connectivity index (χ1) is 11.9. The van der Waals surface area contributed by atoms with E-state index >= 15 is 0 Å². The Balaban J connectivity index is 1.76. The zero-order valence-electron chi connectivity index (χ0n) is 14.8. The van der Waals surface area contributed by atoms with Gasteiger partial charge in [0.05, 0.1) is 19.8 Å². The lowest BCUT2D eigenvalue weighted by Crippen LogP contribution is -2.52. The van der Waals surface area contributed by atoms with Gasteiger partial charge in [-0.25, -0.2) is 0 Å². The van der Waals surface area contributed by atoms with Crippen molar-refractivity contribution >= 4 is 23.6 Å². The Bertz CT molecular complexity index is 760. The number of hydrogen-bond acceptors (Lipinski definition) is 5. The number of nitrogens with one attached hydrogen (secondary N) is 1. The number of hydrogen-bond donors (Lipinski definition) is 1. The molecule has 6 nitrogen and oxygen atoms in total. The first-order valence-corrected chi connectivity index (χ1v) is 9.32. The van der Waals surface area contributed by atoms with E-state index in [1.54, 1.807) is 23.8 Å². The molecule has 1 aromatic carbocycles. The molecule has 3 aliphatic rings. The predicted molar refractivity (Wildman–Crippen MR) is 95.1 cm³/mol. The number of carbonyl (C=O) groups excluding carboxylic acids is 2. The monoisotopic (exact) mass is 362 g/mol. The Kier molecular flexibility index (Phi) is 3.68. The number of thioether (sulfide) groups is 1. The number of amides is 2. The second kappa shape index (κ2) is 5.56. The minimum Gasteiger partial charge on any atom is -0.493 e. The van der Waals surface area contributed by atoms with E-state index < -0.39 is 6.04 Å². The van der Waals surface area contributed by atoms with Crippen molar-refractivity contribution in [3.63, 3.8) is 0 Å². The van der Waals surface area contributed by atoms with E-state index in [1.807, 2.05) is 26.0 Å². The van der Waals surface area contributed by atoms with E-state index in [9.17, 15) is 9.59 Å². The summed E-state index contributed by atoms with van der Waals surface area (Å²) >= 11 is 1.65. The Hall–Kier alpha value is -1.89. The molecule has 1 aromatic rings. The average Bonchev–Trinajstić information content (AvgIpc) is 3.28. The third-order valence-electron chi connectivity index (χ3n) is 5.07. The molecular weight excluding hydrogens is 340 g/mol. The van der Waals surface area contributed by atoms with E-state index in [1.165, 1.54) is 7.11 Å².